The zero-order chi connectivity index (χ0) is 22.7. The zero-order valence-electron chi connectivity index (χ0n) is 18.8. The van der Waals surface area contributed by atoms with E-state index in [1.807, 2.05) is 74.8 Å². The second-order valence-electron chi connectivity index (χ2n) is 8.12. The molecule has 0 saturated heterocycles. The fourth-order valence-electron chi connectivity index (χ4n) is 3.70. The summed E-state index contributed by atoms with van der Waals surface area (Å²) in [6, 6.07) is 19.2. The van der Waals surface area contributed by atoms with Crippen molar-refractivity contribution < 1.29 is 13.9 Å². The minimum absolute atomic E-state index is 0.243. The first-order valence-electron chi connectivity index (χ1n) is 10.6. The first kappa shape index (κ1) is 21.4. The van der Waals surface area contributed by atoms with Gasteiger partial charge in [0.2, 0.25) is 0 Å². The third-order valence-corrected chi connectivity index (χ3v) is 5.08. The van der Waals surface area contributed by atoms with Gasteiger partial charge in [-0.3, -0.25) is 9.48 Å². The van der Waals surface area contributed by atoms with Crippen molar-refractivity contribution in [3.8, 4) is 5.75 Å². The van der Waals surface area contributed by atoms with Gasteiger partial charge in [0.1, 0.15) is 18.1 Å². The van der Waals surface area contributed by atoms with Crippen LogP contribution in [0.4, 0.5) is 5.69 Å². The molecule has 4 aromatic rings. The van der Waals surface area contributed by atoms with E-state index in [4.69, 9.17) is 9.15 Å². The van der Waals surface area contributed by atoms with Crippen LogP contribution in [-0.4, -0.2) is 15.7 Å². The predicted molar refractivity (Wildman–Crippen MR) is 124 cm³/mol. The van der Waals surface area contributed by atoms with E-state index in [2.05, 4.69) is 16.5 Å². The normalized spacial score (nSPS) is 10.9. The van der Waals surface area contributed by atoms with E-state index in [1.165, 1.54) is 0 Å². The number of ether oxygens (including phenoxy) is 1. The van der Waals surface area contributed by atoms with E-state index in [1.54, 1.807) is 12.1 Å². The number of furan rings is 1. The number of carbonyl (C=O) groups is 1. The Hall–Kier alpha value is -3.80. The number of rotatable bonds is 7. The molecular weight excluding hydrogens is 402 g/mol. The molecular formula is C26H27N3O3. The number of anilines is 1. The Labute approximate surface area is 187 Å². The highest BCUT2D eigenvalue weighted by Gasteiger charge is 2.13. The van der Waals surface area contributed by atoms with Gasteiger partial charge in [0.15, 0.2) is 5.76 Å². The summed E-state index contributed by atoms with van der Waals surface area (Å²) in [6.07, 6.45) is 0. The van der Waals surface area contributed by atoms with Crippen LogP contribution in [0.15, 0.2) is 65.1 Å². The van der Waals surface area contributed by atoms with E-state index < -0.39 is 0 Å². The van der Waals surface area contributed by atoms with Crippen molar-refractivity contribution in [2.75, 3.05) is 5.32 Å². The molecule has 2 aromatic heterocycles. The number of nitrogens with one attached hydrogen (secondary N) is 1. The van der Waals surface area contributed by atoms with Crippen LogP contribution in [-0.2, 0) is 13.2 Å². The van der Waals surface area contributed by atoms with Gasteiger partial charge < -0.3 is 14.5 Å². The molecule has 0 aliphatic heterocycles. The molecule has 6 heteroatoms. The van der Waals surface area contributed by atoms with Gasteiger partial charge >= 0.3 is 0 Å². The van der Waals surface area contributed by atoms with Crippen LogP contribution in [0.5, 0.6) is 5.75 Å². The van der Waals surface area contributed by atoms with Crippen molar-refractivity contribution in [3.05, 3.63) is 100 Å². The van der Waals surface area contributed by atoms with Crippen molar-refractivity contribution >= 4 is 11.6 Å². The summed E-state index contributed by atoms with van der Waals surface area (Å²) in [5.74, 6) is 1.32. The second kappa shape index (κ2) is 9.14. The molecule has 1 amide bonds. The first-order valence-corrected chi connectivity index (χ1v) is 10.6. The van der Waals surface area contributed by atoms with Gasteiger partial charge in [0.25, 0.3) is 5.91 Å². The molecule has 6 nitrogen and oxygen atoms in total. The molecule has 1 N–H and O–H groups in total. The molecule has 0 aliphatic rings. The maximum atomic E-state index is 12.7. The van der Waals surface area contributed by atoms with Gasteiger partial charge in [-0.25, -0.2) is 0 Å². The summed E-state index contributed by atoms with van der Waals surface area (Å²) in [5.41, 5.74) is 6.12. The number of benzene rings is 2. The van der Waals surface area contributed by atoms with Crippen molar-refractivity contribution in [1.82, 2.24) is 9.78 Å². The molecule has 0 fully saturated rings. The largest absolute Gasteiger partial charge is 0.486 e. The third-order valence-electron chi connectivity index (χ3n) is 5.08. The lowest BCUT2D eigenvalue weighted by Crippen LogP contribution is -2.11. The van der Waals surface area contributed by atoms with Crippen LogP contribution in [0.1, 0.15) is 44.4 Å². The summed E-state index contributed by atoms with van der Waals surface area (Å²) in [6.45, 7) is 8.97. The third kappa shape index (κ3) is 5.27. The molecule has 2 aromatic carbocycles. The minimum atomic E-state index is -0.300. The molecule has 32 heavy (non-hydrogen) atoms. The van der Waals surface area contributed by atoms with Crippen LogP contribution >= 0.6 is 0 Å². The predicted octanol–water partition coefficient (Wildman–Crippen LogP) is 5.59. The van der Waals surface area contributed by atoms with E-state index in [0.717, 1.165) is 33.8 Å². The molecule has 0 saturated carbocycles. The maximum Gasteiger partial charge on any atom is 0.291 e. The van der Waals surface area contributed by atoms with Gasteiger partial charge in [-0.15, -0.1) is 0 Å². The SMILES string of the molecule is Cc1cc(C)cc(OCc2ccc(C(=O)Nc3cccc(Cn4nc(C)cc4C)c3)o2)c1. The lowest BCUT2D eigenvalue weighted by atomic mass is 10.1. The monoisotopic (exact) mass is 429 g/mol. The van der Waals surface area contributed by atoms with Crippen molar-refractivity contribution in [1.29, 1.82) is 0 Å². The molecule has 0 aliphatic carbocycles. The van der Waals surface area contributed by atoms with E-state index in [9.17, 15) is 4.79 Å². The number of hydrogen-bond donors (Lipinski definition) is 1. The molecule has 0 unspecified atom stereocenters. The Kier molecular flexibility index (Phi) is 6.12. The highest BCUT2D eigenvalue weighted by Crippen LogP contribution is 2.19. The standard InChI is InChI=1S/C26H27N3O3/c1-17-10-18(2)12-24(11-17)31-16-23-8-9-25(32-23)26(30)27-22-7-5-6-21(14-22)15-29-20(4)13-19(3)28-29/h5-14H,15-16H2,1-4H3,(H,27,30). The lowest BCUT2D eigenvalue weighted by molar-refractivity contribution is 0.0992. The number of carbonyl (C=O) groups excluding carboxylic acids is 1. The van der Waals surface area contributed by atoms with Gasteiger partial charge in [0, 0.05) is 11.4 Å². The minimum Gasteiger partial charge on any atom is -0.486 e. The fourth-order valence-corrected chi connectivity index (χ4v) is 3.70. The summed E-state index contributed by atoms with van der Waals surface area (Å²) >= 11 is 0. The molecule has 0 radical (unpaired) electrons. The molecule has 0 bridgehead atoms. The number of hydrogen-bond acceptors (Lipinski definition) is 4. The van der Waals surface area contributed by atoms with E-state index >= 15 is 0 Å². The van der Waals surface area contributed by atoms with Crippen LogP contribution in [0, 0.1) is 27.7 Å². The van der Waals surface area contributed by atoms with Gasteiger partial charge in [-0.05, 0) is 86.8 Å². The highest BCUT2D eigenvalue weighted by molar-refractivity contribution is 6.02. The Morgan fingerprint density at radius 3 is 2.50 bits per heavy atom. The Balaban J connectivity index is 1.38. The smallest absolute Gasteiger partial charge is 0.291 e. The highest BCUT2D eigenvalue weighted by atomic mass is 16.5. The van der Waals surface area contributed by atoms with E-state index in [0.29, 0.717) is 18.0 Å². The van der Waals surface area contributed by atoms with Crippen LogP contribution in [0.2, 0.25) is 0 Å². The van der Waals surface area contributed by atoms with Gasteiger partial charge in [0.05, 0.1) is 12.2 Å². The second-order valence-corrected chi connectivity index (χ2v) is 8.12. The van der Waals surface area contributed by atoms with Crippen LogP contribution < -0.4 is 10.1 Å². The van der Waals surface area contributed by atoms with E-state index in [-0.39, 0.29) is 18.3 Å². The van der Waals surface area contributed by atoms with Crippen molar-refractivity contribution in [2.24, 2.45) is 0 Å². The fraction of sp³-hybridized carbons (Fsp3) is 0.231. The molecule has 2 heterocycles. The molecule has 0 spiro atoms. The van der Waals surface area contributed by atoms with Gasteiger partial charge in [-0.1, -0.05) is 18.2 Å². The lowest BCUT2D eigenvalue weighted by Gasteiger charge is -2.08. The number of aryl methyl sites for hydroxylation is 4. The molecule has 0 atom stereocenters. The topological polar surface area (TPSA) is 69.3 Å². The quantitative estimate of drug-likeness (QED) is 0.416. The number of nitrogens with zero attached hydrogens (tertiary/aromatic N) is 2. The maximum absolute atomic E-state index is 12.7. The van der Waals surface area contributed by atoms with Gasteiger partial charge in [-0.2, -0.15) is 5.10 Å². The zero-order valence-corrected chi connectivity index (χ0v) is 18.8. The Morgan fingerprint density at radius 2 is 1.78 bits per heavy atom. The Morgan fingerprint density at radius 1 is 1.00 bits per heavy atom. The summed E-state index contributed by atoms with van der Waals surface area (Å²) in [5, 5.41) is 7.40. The number of aromatic nitrogens is 2. The number of amides is 1. The van der Waals surface area contributed by atoms with Crippen molar-refractivity contribution in [3.63, 3.8) is 0 Å². The molecule has 4 rings (SSSR count). The average molecular weight is 430 g/mol. The summed E-state index contributed by atoms with van der Waals surface area (Å²) in [7, 11) is 0. The Bertz CT molecular complexity index is 1230. The average Bonchev–Trinajstić information content (AvgIpc) is 3.32. The van der Waals surface area contributed by atoms with Crippen molar-refractivity contribution in [2.45, 2.75) is 40.8 Å². The summed E-state index contributed by atoms with van der Waals surface area (Å²) in [4.78, 5) is 12.7. The summed E-state index contributed by atoms with van der Waals surface area (Å²) < 4.78 is 13.5. The van der Waals surface area contributed by atoms with Crippen LogP contribution in [0.25, 0.3) is 0 Å². The first-order chi connectivity index (χ1) is 15.4. The van der Waals surface area contributed by atoms with Crippen LogP contribution in [0.3, 0.4) is 0 Å². The molecule has 164 valence electrons.